The molecule has 2 rings (SSSR count). The second-order valence-electron chi connectivity index (χ2n) is 4.71. The summed E-state index contributed by atoms with van der Waals surface area (Å²) in [5.41, 5.74) is 0.665. The monoisotopic (exact) mass is 305 g/mol. The summed E-state index contributed by atoms with van der Waals surface area (Å²) in [5.74, 6) is 0.788. The van der Waals surface area contributed by atoms with Crippen LogP contribution in [-0.2, 0) is 16.6 Å². The number of hydrogen-bond donors (Lipinski definition) is 2. The molecular weight excluding hydrogens is 286 g/mol. The van der Waals surface area contributed by atoms with Crippen molar-refractivity contribution < 1.29 is 13.5 Å². The SMILES string of the molecule is Cc1[nH]nc(CO)c1S(=O)(=O)N1CCSC(C)C1C. The molecule has 8 heteroatoms. The minimum absolute atomic E-state index is 0.0652. The van der Waals surface area contributed by atoms with Crippen molar-refractivity contribution in [2.24, 2.45) is 0 Å². The van der Waals surface area contributed by atoms with Gasteiger partial charge in [-0.25, -0.2) is 8.42 Å². The quantitative estimate of drug-likeness (QED) is 0.859. The average Bonchev–Trinajstić information content (AvgIpc) is 2.74. The molecule has 1 aromatic rings. The minimum atomic E-state index is -3.61. The Balaban J connectivity index is 2.44. The lowest BCUT2D eigenvalue weighted by Crippen LogP contribution is -2.48. The van der Waals surface area contributed by atoms with Crippen LogP contribution in [0.15, 0.2) is 4.90 Å². The molecule has 0 spiro atoms. The largest absolute Gasteiger partial charge is 0.390 e. The summed E-state index contributed by atoms with van der Waals surface area (Å²) in [7, 11) is -3.61. The molecule has 19 heavy (non-hydrogen) atoms. The molecule has 1 saturated heterocycles. The normalized spacial score (nSPS) is 25.7. The van der Waals surface area contributed by atoms with Gasteiger partial charge in [0.15, 0.2) is 0 Å². The van der Waals surface area contributed by atoms with E-state index in [2.05, 4.69) is 10.2 Å². The van der Waals surface area contributed by atoms with Crippen LogP contribution in [-0.4, -0.2) is 51.6 Å². The lowest BCUT2D eigenvalue weighted by Gasteiger charge is -2.36. The van der Waals surface area contributed by atoms with Crippen LogP contribution in [0.3, 0.4) is 0 Å². The van der Waals surface area contributed by atoms with Crippen LogP contribution in [0.25, 0.3) is 0 Å². The average molecular weight is 305 g/mol. The Morgan fingerprint density at radius 3 is 2.84 bits per heavy atom. The number of nitrogens with one attached hydrogen (secondary N) is 1. The summed E-state index contributed by atoms with van der Waals surface area (Å²) in [6, 6.07) is -0.0652. The summed E-state index contributed by atoms with van der Waals surface area (Å²) in [4.78, 5) is 0.126. The third-order valence-electron chi connectivity index (χ3n) is 3.50. The lowest BCUT2D eigenvalue weighted by atomic mass is 10.2. The number of aliphatic hydroxyl groups excluding tert-OH is 1. The smallest absolute Gasteiger partial charge is 0.247 e. The number of aromatic amines is 1. The van der Waals surface area contributed by atoms with E-state index in [0.717, 1.165) is 5.75 Å². The van der Waals surface area contributed by atoms with E-state index < -0.39 is 10.0 Å². The molecule has 1 aromatic heterocycles. The van der Waals surface area contributed by atoms with Gasteiger partial charge in [0.1, 0.15) is 10.6 Å². The van der Waals surface area contributed by atoms with Crippen LogP contribution in [0.2, 0.25) is 0 Å². The highest BCUT2D eigenvalue weighted by molar-refractivity contribution is 8.00. The number of aromatic nitrogens is 2. The maximum absolute atomic E-state index is 12.8. The second kappa shape index (κ2) is 5.43. The molecule has 1 aliphatic heterocycles. The lowest BCUT2D eigenvalue weighted by molar-refractivity contribution is 0.272. The number of nitrogens with zero attached hydrogens (tertiary/aromatic N) is 2. The van der Waals surface area contributed by atoms with Crippen molar-refractivity contribution in [3.05, 3.63) is 11.4 Å². The molecule has 0 radical (unpaired) electrons. The molecule has 0 aliphatic carbocycles. The van der Waals surface area contributed by atoms with Gasteiger partial charge >= 0.3 is 0 Å². The molecule has 2 heterocycles. The van der Waals surface area contributed by atoms with Gasteiger partial charge in [-0.1, -0.05) is 6.92 Å². The van der Waals surface area contributed by atoms with Crippen molar-refractivity contribution in [2.75, 3.05) is 12.3 Å². The number of thioether (sulfide) groups is 1. The van der Waals surface area contributed by atoms with Gasteiger partial charge in [0.2, 0.25) is 10.0 Å². The van der Waals surface area contributed by atoms with E-state index in [1.807, 2.05) is 13.8 Å². The highest BCUT2D eigenvalue weighted by Crippen LogP contribution is 2.31. The highest BCUT2D eigenvalue weighted by atomic mass is 32.2. The maximum atomic E-state index is 12.8. The molecule has 1 fully saturated rings. The zero-order valence-electron chi connectivity index (χ0n) is 11.3. The first kappa shape index (κ1) is 14.8. The van der Waals surface area contributed by atoms with Crippen LogP contribution in [0, 0.1) is 6.92 Å². The number of aryl methyl sites for hydroxylation is 1. The van der Waals surface area contributed by atoms with Crippen molar-refractivity contribution in [1.82, 2.24) is 14.5 Å². The molecule has 6 nitrogen and oxygen atoms in total. The molecule has 0 amide bonds. The molecule has 1 aliphatic rings. The molecule has 2 N–H and O–H groups in total. The first-order chi connectivity index (χ1) is 8.89. The fourth-order valence-corrected chi connectivity index (χ4v) is 5.60. The molecule has 2 unspecified atom stereocenters. The summed E-state index contributed by atoms with van der Waals surface area (Å²) in [6.07, 6.45) is 0. The van der Waals surface area contributed by atoms with Gasteiger partial charge < -0.3 is 5.11 Å². The van der Waals surface area contributed by atoms with E-state index in [9.17, 15) is 13.5 Å². The summed E-state index contributed by atoms with van der Waals surface area (Å²) < 4.78 is 27.0. The molecule has 108 valence electrons. The number of aliphatic hydroxyl groups is 1. The molecular formula is C11H19N3O3S2. The van der Waals surface area contributed by atoms with Gasteiger partial charge in [0, 0.05) is 23.6 Å². The van der Waals surface area contributed by atoms with Gasteiger partial charge in [0.25, 0.3) is 0 Å². The predicted octanol–water partition coefficient (Wildman–Crippen LogP) is 0.725. The highest BCUT2D eigenvalue weighted by Gasteiger charge is 2.37. The topological polar surface area (TPSA) is 86.3 Å². The number of hydrogen-bond acceptors (Lipinski definition) is 5. The van der Waals surface area contributed by atoms with Gasteiger partial charge in [-0.3, -0.25) is 5.10 Å². The van der Waals surface area contributed by atoms with Crippen molar-refractivity contribution in [3.63, 3.8) is 0 Å². The number of sulfonamides is 1. The van der Waals surface area contributed by atoms with Crippen LogP contribution >= 0.6 is 11.8 Å². The Hall–Kier alpha value is -0.570. The Labute approximate surface area is 117 Å². The van der Waals surface area contributed by atoms with Crippen molar-refractivity contribution in [2.45, 2.75) is 43.6 Å². The Bertz CT molecular complexity index is 556. The number of rotatable bonds is 3. The van der Waals surface area contributed by atoms with Crippen LogP contribution in [0.5, 0.6) is 0 Å². The summed E-state index contributed by atoms with van der Waals surface area (Å²) in [6.45, 7) is 5.72. The summed E-state index contributed by atoms with van der Waals surface area (Å²) >= 11 is 1.78. The van der Waals surface area contributed by atoms with Gasteiger partial charge in [0.05, 0.1) is 12.3 Å². The molecule has 2 atom stereocenters. The van der Waals surface area contributed by atoms with E-state index in [1.54, 1.807) is 18.7 Å². The first-order valence-corrected chi connectivity index (χ1v) is 8.66. The van der Waals surface area contributed by atoms with Gasteiger partial charge in [-0.15, -0.1) is 0 Å². The fraction of sp³-hybridized carbons (Fsp3) is 0.727. The minimum Gasteiger partial charge on any atom is -0.390 e. The van der Waals surface area contributed by atoms with E-state index >= 15 is 0 Å². The third-order valence-corrected chi connectivity index (χ3v) is 7.03. The Morgan fingerprint density at radius 1 is 1.53 bits per heavy atom. The Kier molecular flexibility index (Phi) is 4.24. The zero-order chi connectivity index (χ0) is 14.2. The van der Waals surface area contributed by atoms with Crippen molar-refractivity contribution >= 4 is 21.8 Å². The Morgan fingerprint density at radius 2 is 2.21 bits per heavy atom. The van der Waals surface area contributed by atoms with Crippen molar-refractivity contribution in [3.8, 4) is 0 Å². The molecule has 0 saturated carbocycles. The van der Waals surface area contributed by atoms with E-state index in [1.165, 1.54) is 4.31 Å². The zero-order valence-corrected chi connectivity index (χ0v) is 12.9. The van der Waals surface area contributed by atoms with Crippen molar-refractivity contribution in [1.29, 1.82) is 0 Å². The maximum Gasteiger partial charge on any atom is 0.247 e. The molecule has 0 aromatic carbocycles. The predicted molar refractivity (Wildman–Crippen MR) is 74.5 cm³/mol. The van der Waals surface area contributed by atoms with E-state index in [-0.39, 0.29) is 28.5 Å². The standard InChI is InChI=1S/C11H19N3O3S2/c1-7-11(10(6-15)13-12-7)19(16,17)14-4-5-18-9(3)8(14)2/h8-9,15H,4-6H2,1-3H3,(H,12,13). The van der Waals surface area contributed by atoms with E-state index in [4.69, 9.17) is 0 Å². The van der Waals surface area contributed by atoms with Gasteiger partial charge in [-0.05, 0) is 13.8 Å². The third kappa shape index (κ3) is 2.54. The molecule has 0 bridgehead atoms. The number of H-pyrrole nitrogens is 1. The second-order valence-corrected chi connectivity index (χ2v) is 8.03. The van der Waals surface area contributed by atoms with Crippen LogP contribution < -0.4 is 0 Å². The van der Waals surface area contributed by atoms with Gasteiger partial charge in [-0.2, -0.15) is 21.2 Å². The van der Waals surface area contributed by atoms with Crippen LogP contribution in [0.4, 0.5) is 0 Å². The fourth-order valence-electron chi connectivity index (χ4n) is 2.28. The first-order valence-electron chi connectivity index (χ1n) is 6.17. The summed E-state index contributed by atoms with van der Waals surface area (Å²) in [5, 5.41) is 16.0. The van der Waals surface area contributed by atoms with Crippen LogP contribution in [0.1, 0.15) is 25.2 Å². The van der Waals surface area contributed by atoms with E-state index in [0.29, 0.717) is 12.2 Å².